The second kappa shape index (κ2) is 11.9. The van der Waals surface area contributed by atoms with Gasteiger partial charge in [-0.2, -0.15) is 0 Å². The summed E-state index contributed by atoms with van der Waals surface area (Å²) in [7, 11) is 0. The SMILES string of the molecule is CC(C)[C@H](NC(=O)[C@@H](N)CCC(=O)O)C(=O)N[C@@H](C)C(=O)Nc1ccc(CO)cc1. The average molecular weight is 422 g/mol. The number of carboxylic acids is 1. The van der Waals surface area contributed by atoms with Crippen molar-refractivity contribution in [3.8, 4) is 0 Å². The van der Waals surface area contributed by atoms with Gasteiger partial charge in [-0.3, -0.25) is 19.2 Å². The van der Waals surface area contributed by atoms with E-state index in [4.69, 9.17) is 15.9 Å². The first-order valence-corrected chi connectivity index (χ1v) is 9.64. The molecule has 0 bridgehead atoms. The number of aliphatic hydroxyl groups is 1. The predicted octanol–water partition coefficient (Wildman–Crippen LogP) is -0.0450. The summed E-state index contributed by atoms with van der Waals surface area (Å²) in [6, 6.07) is 3.72. The highest BCUT2D eigenvalue weighted by atomic mass is 16.4. The van der Waals surface area contributed by atoms with Crippen molar-refractivity contribution in [2.24, 2.45) is 11.7 Å². The molecule has 10 nitrogen and oxygen atoms in total. The number of carbonyl (C=O) groups is 4. The molecule has 30 heavy (non-hydrogen) atoms. The van der Waals surface area contributed by atoms with Crippen molar-refractivity contribution in [3.05, 3.63) is 29.8 Å². The first kappa shape index (κ1) is 25.1. The highest BCUT2D eigenvalue weighted by Gasteiger charge is 2.28. The molecule has 7 N–H and O–H groups in total. The van der Waals surface area contributed by atoms with Crippen LogP contribution in [0.3, 0.4) is 0 Å². The summed E-state index contributed by atoms with van der Waals surface area (Å²) < 4.78 is 0. The summed E-state index contributed by atoms with van der Waals surface area (Å²) in [6.07, 6.45) is -0.314. The van der Waals surface area contributed by atoms with E-state index in [1.807, 2.05) is 0 Å². The summed E-state index contributed by atoms with van der Waals surface area (Å²) in [5.41, 5.74) is 6.89. The quantitative estimate of drug-likeness (QED) is 0.290. The molecule has 1 rings (SSSR count). The van der Waals surface area contributed by atoms with Crippen LogP contribution in [0.15, 0.2) is 24.3 Å². The smallest absolute Gasteiger partial charge is 0.303 e. The number of amides is 3. The number of nitrogens with one attached hydrogen (secondary N) is 3. The van der Waals surface area contributed by atoms with Crippen LogP contribution in [0.1, 0.15) is 39.2 Å². The summed E-state index contributed by atoms with van der Waals surface area (Å²) in [5.74, 6) is -3.00. The fraction of sp³-hybridized carbons (Fsp3) is 0.500. The van der Waals surface area contributed by atoms with Crippen molar-refractivity contribution >= 4 is 29.4 Å². The molecule has 0 heterocycles. The van der Waals surface area contributed by atoms with Crippen molar-refractivity contribution < 1.29 is 29.4 Å². The maximum absolute atomic E-state index is 12.6. The maximum atomic E-state index is 12.6. The molecule has 166 valence electrons. The number of carbonyl (C=O) groups excluding carboxylic acids is 3. The number of aliphatic carboxylic acids is 1. The van der Waals surface area contributed by atoms with E-state index >= 15 is 0 Å². The summed E-state index contributed by atoms with van der Waals surface area (Å²) in [5, 5.41) is 25.5. The van der Waals surface area contributed by atoms with Crippen LogP contribution in [0, 0.1) is 5.92 Å². The van der Waals surface area contributed by atoms with E-state index in [2.05, 4.69) is 16.0 Å². The van der Waals surface area contributed by atoms with E-state index in [-0.39, 0.29) is 25.4 Å². The highest BCUT2D eigenvalue weighted by Crippen LogP contribution is 2.10. The number of benzene rings is 1. The Hall–Kier alpha value is -2.98. The van der Waals surface area contributed by atoms with Gasteiger partial charge in [0, 0.05) is 12.1 Å². The summed E-state index contributed by atoms with van der Waals surface area (Å²) >= 11 is 0. The van der Waals surface area contributed by atoms with Gasteiger partial charge in [0.15, 0.2) is 0 Å². The lowest BCUT2D eigenvalue weighted by Crippen LogP contribution is -2.56. The highest BCUT2D eigenvalue weighted by molar-refractivity contribution is 5.98. The topological polar surface area (TPSA) is 171 Å². The zero-order chi connectivity index (χ0) is 22.8. The van der Waals surface area contributed by atoms with E-state index < -0.39 is 41.8 Å². The maximum Gasteiger partial charge on any atom is 0.303 e. The molecule has 3 amide bonds. The third-order valence-electron chi connectivity index (χ3n) is 4.41. The molecule has 0 aliphatic rings. The van der Waals surface area contributed by atoms with Crippen LogP contribution in [0.25, 0.3) is 0 Å². The fourth-order valence-electron chi connectivity index (χ4n) is 2.52. The van der Waals surface area contributed by atoms with E-state index in [9.17, 15) is 19.2 Å². The van der Waals surface area contributed by atoms with Crippen LogP contribution >= 0.6 is 0 Å². The largest absolute Gasteiger partial charge is 0.481 e. The Morgan fingerprint density at radius 1 is 0.967 bits per heavy atom. The molecule has 1 aromatic carbocycles. The molecular weight excluding hydrogens is 392 g/mol. The first-order valence-electron chi connectivity index (χ1n) is 9.64. The van der Waals surface area contributed by atoms with Gasteiger partial charge in [-0.05, 0) is 37.0 Å². The number of rotatable bonds is 11. The number of anilines is 1. The normalized spacial score (nSPS) is 13.8. The second-order valence-electron chi connectivity index (χ2n) is 7.34. The Bertz CT molecular complexity index is 750. The van der Waals surface area contributed by atoms with Crippen molar-refractivity contribution in [2.75, 3.05) is 5.32 Å². The molecular formula is C20H30N4O6. The first-order chi connectivity index (χ1) is 14.0. The molecule has 0 saturated heterocycles. The van der Waals surface area contributed by atoms with Crippen molar-refractivity contribution in [3.63, 3.8) is 0 Å². The zero-order valence-electron chi connectivity index (χ0n) is 17.3. The number of carboxylic acid groups (broad SMARTS) is 1. The number of nitrogens with two attached hydrogens (primary N) is 1. The van der Waals surface area contributed by atoms with E-state index in [1.54, 1.807) is 38.1 Å². The molecule has 1 aromatic rings. The third-order valence-corrected chi connectivity index (χ3v) is 4.41. The van der Waals surface area contributed by atoms with Gasteiger partial charge in [-0.1, -0.05) is 26.0 Å². The molecule has 0 aliphatic carbocycles. The van der Waals surface area contributed by atoms with Gasteiger partial charge in [-0.25, -0.2) is 0 Å². The van der Waals surface area contributed by atoms with Crippen molar-refractivity contribution in [1.82, 2.24) is 10.6 Å². The molecule has 3 atom stereocenters. The Kier molecular flexibility index (Phi) is 9.93. The van der Waals surface area contributed by atoms with Crippen molar-refractivity contribution in [1.29, 1.82) is 0 Å². The van der Waals surface area contributed by atoms with E-state index in [0.29, 0.717) is 11.3 Å². The van der Waals surface area contributed by atoms with Crippen LogP contribution in [0.4, 0.5) is 5.69 Å². The Balaban J connectivity index is 2.66. The fourth-order valence-corrected chi connectivity index (χ4v) is 2.52. The molecule has 0 aromatic heterocycles. The minimum Gasteiger partial charge on any atom is -0.481 e. The van der Waals surface area contributed by atoms with Gasteiger partial charge in [0.1, 0.15) is 12.1 Å². The lowest BCUT2D eigenvalue weighted by molar-refractivity contribution is -0.137. The van der Waals surface area contributed by atoms with Crippen molar-refractivity contribution in [2.45, 2.75) is 58.3 Å². The third kappa shape index (κ3) is 8.18. The number of hydrogen-bond acceptors (Lipinski definition) is 6. The predicted molar refractivity (Wildman–Crippen MR) is 110 cm³/mol. The van der Waals surface area contributed by atoms with Gasteiger partial charge in [0.25, 0.3) is 0 Å². The lowest BCUT2D eigenvalue weighted by atomic mass is 10.0. The van der Waals surface area contributed by atoms with Gasteiger partial charge in [-0.15, -0.1) is 0 Å². The summed E-state index contributed by atoms with van der Waals surface area (Å²) in [4.78, 5) is 47.7. The monoisotopic (exact) mass is 422 g/mol. The minimum atomic E-state index is -1.07. The Labute approximate surface area is 175 Å². The van der Waals surface area contributed by atoms with E-state index in [1.165, 1.54) is 6.92 Å². The van der Waals surface area contributed by atoms with Crippen LogP contribution in [-0.2, 0) is 25.8 Å². The average Bonchev–Trinajstić information content (AvgIpc) is 2.69. The molecule has 0 unspecified atom stereocenters. The molecule has 0 fully saturated rings. The summed E-state index contributed by atoms with van der Waals surface area (Å²) in [6.45, 7) is 4.84. The lowest BCUT2D eigenvalue weighted by Gasteiger charge is -2.25. The standard InChI is InChI=1S/C20H30N4O6/c1-11(2)17(24-19(29)15(21)8-9-16(26)27)20(30)22-12(3)18(28)23-14-6-4-13(10-25)5-7-14/h4-7,11-12,15,17,25H,8-10,21H2,1-3H3,(H,22,30)(H,23,28)(H,24,29)(H,26,27)/t12-,15-,17-/m0/s1. The molecule has 0 radical (unpaired) electrons. The second-order valence-corrected chi connectivity index (χ2v) is 7.34. The Morgan fingerprint density at radius 3 is 2.07 bits per heavy atom. The number of hydrogen-bond donors (Lipinski definition) is 6. The van der Waals surface area contributed by atoms with Gasteiger partial charge >= 0.3 is 5.97 Å². The van der Waals surface area contributed by atoms with Gasteiger partial charge in [0.05, 0.1) is 12.6 Å². The van der Waals surface area contributed by atoms with Crippen LogP contribution in [0.2, 0.25) is 0 Å². The van der Waals surface area contributed by atoms with Crippen LogP contribution in [-0.4, -0.2) is 52.0 Å². The minimum absolute atomic E-state index is 0.0541. The van der Waals surface area contributed by atoms with Gasteiger partial charge in [0.2, 0.25) is 17.7 Å². The Morgan fingerprint density at radius 2 is 1.57 bits per heavy atom. The zero-order valence-corrected chi connectivity index (χ0v) is 17.3. The van der Waals surface area contributed by atoms with Gasteiger partial charge < -0.3 is 31.9 Å². The van der Waals surface area contributed by atoms with Crippen LogP contribution < -0.4 is 21.7 Å². The molecule has 0 spiro atoms. The van der Waals surface area contributed by atoms with E-state index in [0.717, 1.165) is 0 Å². The molecule has 10 heteroatoms. The van der Waals surface area contributed by atoms with Crippen LogP contribution in [0.5, 0.6) is 0 Å². The molecule has 0 aliphatic heterocycles. The number of aliphatic hydroxyl groups excluding tert-OH is 1. The molecule has 0 saturated carbocycles.